The van der Waals surface area contributed by atoms with Crippen molar-refractivity contribution in [3.8, 4) is 17.2 Å². The van der Waals surface area contributed by atoms with E-state index in [2.05, 4.69) is 26.5 Å². The number of benzene rings is 2. The number of nitrogens with zero attached hydrogens (tertiary/aromatic N) is 7. The average Bonchev–Trinajstić information content (AvgIpc) is 4.16. The Morgan fingerprint density at radius 2 is 1.25 bits per heavy atom. The molecule has 4 fully saturated rings. The standard InChI is InChI=1S/C51H63N9O5/c1-33-34(7-5-9-37(33)55-45(61)43-53-39-29-60(24-12-41(39)57(43)2)26-22-49-17-19-51(31-49,20-18-49)47(63)64)35-8-6-10-38(36(35)27-52)56-46(62)44-54-40-28-59(23-11-42(40)58(44)3)25-21-48-13-15-50(30-48,16-14-48)32-65-4/h5-10H,11-26,28-32H2,1-4H3,(H,55,61)(H,56,62)(H,63,64). The third-order valence-electron chi connectivity index (χ3n) is 17.3. The van der Waals surface area contributed by atoms with E-state index >= 15 is 0 Å². The summed E-state index contributed by atoms with van der Waals surface area (Å²) in [5.41, 5.74) is 7.98. The normalized spacial score (nSPS) is 26.8. The number of nitriles is 1. The number of nitrogens with one attached hydrogen (secondary N) is 2. The number of carboxylic acid groups (broad SMARTS) is 1. The Kier molecular flexibility index (Phi) is 11.1. The zero-order valence-electron chi connectivity index (χ0n) is 38.5. The van der Waals surface area contributed by atoms with Crippen molar-refractivity contribution >= 4 is 29.2 Å². The van der Waals surface area contributed by atoms with Gasteiger partial charge in [0.1, 0.15) is 6.07 Å². The molecule has 4 heterocycles. The van der Waals surface area contributed by atoms with Gasteiger partial charge in [0.25, 0.3) is 11.8 Å². The number of rotatable bonds is 14. The van der Waals surface area contributed by atoms with Crippen LogP contribution in [0.3, 0.4) is 0 Å². The summed E-state index contributed by atoms with van der Waals surface area (Å²) in [5, 5.41) is 26.6. The molecular formula is C51H63N9O5. The Labute approximate surface area is 381 Å². The van der Waals surface area contributed by atoms with E-state index in [0.717, 1.165) is 125 Å². The lowest BCUT2D eigenvalue weighted by Crippen LogP contribution is -2.34. The Hall–Kier alpha value is -5.36. The maximum atomic E-state index is 14.0. The Balaban J connectivity index is 0.790. The highest BCUT2D eigenvalue weighted by atomic mass is 16.5. The number of anilines is 2. The fourth-order valence-electron chi connectivity index (χ4n) is 13.4. The van der Waals surface area contributed by atoms with Crippen LogP contribution in [0.5, 0.6) is 0 Å². The molecule has 4 aromatic rings. The van der Waals surface area contributed by atoms with Gasteiger partial charge in [-0.05, 0) is 137 Å². The molecule has 0 radical (unpaired) electrons. The number of hydrogen-bond donors (Lipinski definition) is 3. The summed E-state index contributed by atoms with van der Waals surface area (Å²) in [4.78, 5) is 54.5. The molecular weight excluding hydrogens is 819 g/mol. The first-order valence-electron chi connectivity index (χ1n) is 23.8. The molecule has 4 bridgehead atoms. The number of carbonyl (C=O) groups excluding carboxylic acids is 2. The number of imidazole rings is 2. The van der Waals surface area contributed by atoms with Gasteiger partial charge >= 0.3 is 5.97 Å². The number of carboxylic acids is 1. The highest BCUT2D eigenvalue weighted by molar-refractivity contribution is 6.04. The zero-order valence-corrected chi connectivity index (χ0v) is 38.5. The largest absolute Gasteiger partial charge is 0.481 e. The van der Waals surface area contributed by atoms with Gasteiger partial charge < -0.3 is 29.6 Å². The predicted molar refractivity (Wildman–Crippen MR) is 246 cm³/mol. The van der Waals surface area contributed by atoms with Crippen LogP contribution in [0.4, 0.5) is 11.4 Å². The van der Waals surface area contributed by atoms with Gasteiger partial charge in [-0.1, -0.05) is 24.3 Å². The minimum absolute atomic E-state index is 0.134. The van der Waals surface area contributed by atoms with Gasteiger partial charge in [-0.2, -0.15) is 5.26 Å². The van der Waals surface area contributed by atoms with Crippen LogP contribution >= 0.6 is 0 Å². The van der Waals surface area contributed by atoms with Crippen molar-refractivity contribution in [3.63, 3.8) is 0 Å². The van der Waals surface area contributed by atoms with Crippen molar-refractivity contribution in [2.75, 3.05) is 50.5 Å². The maximum Gasteiger partial charge on any atom is 0.309 e. The van der Waals surface area contributed by atoms with Crippen LogP contribution in [-0.4, -0.2) is 91.7 Å². The summed E-state index contributed by atoms with van der Waals surface area (Å²) in [6, 6.07) is 13.4. The predicted octanol–water partition coefficient (Wildman–Crippen LogP) is 7.63. The van der Waals surface area contributed by atoms with E-state index in [9.17, 15) is 24.8 Å². The second kappa shape index (κ2) is 16.5. The van der Waals surface area contributed by atoms with Crippen LogP contribution in [0.2, 0.25) is 0 Å². The molecule has 3 N–H and O–H groups in total. The maximum absolute atomic E-state index is 14.0. The Bertz CT molecular complexity index is 2600. The molecule has 4 saturated carbocycles. The molecule has 2 aromatic carbocycles. The van der Waals surface area contributed by atoms with E-state index in [1.807, 2.05) is 67.6 Å². The summed E-state index contributed by atoms with van der Waals surface area (Å²) in [6.07, 6.45) is 14.6. The molecule has 10 rings (SSSR count). The van der Waals surface area contributed by atoms with Crippen molar-refractivity contribution in [1.82, 2.24) is 28.9 Å². The molecule has 2 amide bonds. The summed E-state index contributed by atoms with van der Waals surface area (Å²) in [6.45, 7) is 7.93. The van der Waals surface area contributed by atoms with Gasteiger partial charge in [0.15, 0.2) is 11.6 Å². The summed E-state index contributed by atoms with van der Waals surface area (Å²) < 4.78 is 9.43. The van der Waals surface area contributed by atoms with Crippen molar-refractivity contribution < 1.29 is 24.2 Å². The summed E-state index contributed by atoms with van der Waals surface area (Å²) in [5.74, 6) is -0.623. The Morgan fingerprint density at radius 1 is 0.738 bits per heavy atom. The van der Waals surface area contributed by atoms with Crippen LogP contribution < -0.4 is 10.6 Å². The van der Waals surface area contributed by atoms with Crippen LogP contribution in [0, 0.1) is 39.9 Å². The first-order chi connectivity index (χ1) is 31.3. The first kappa shape index (κ1) is 43.5. The lowest BCUT2D eigenvalue weighted by atomic mass is 9.80. The van der Waals surface area contributed by atoms with E-state index in [4.69, 9.17) is 14.7 Å². The number of ether oxygens (including phenoxy) is 1. The third-order valence-corrected chi connectivity index (χ3v) is 17.3. The number of hydrogen-bond acceptors (Lipinski definition) is 9. The van der Waals surface area contributed by atoms with Crippen LogP contribution in [-0.2, 0) is 49.6 Å². The van der Waals surface area contributed by atoms with Gasteiger partial charge in [-0.25, -0.2) is 9.97 Å². The minimum Gasteiger partial charge on any atom is -0.481 e. The number of amides is 2. The molecule has 14 heteroatoms. The van der Waals surface area contributed by atoms with Gasteiger partial charge in [0, 0.05) is 82.9 Å². The highest BCUT2D eigenvalue weighted by Gasteiger charge is 2.58. The first-order valence-corrected chi connectivity index (χ1v) is 23.8. The molecule has 0 spiro atoms. The van der Waals surface area contributed by atoms with Crippen LogP contribution in [0.25, 0.3) is 11.1 Å². The molecule has 0 unspecified atom stereocenters. The van der Waals surface area contributed by atoms with Gasteiger partial charge in [0.2, 0.25) is 0 Å². The fourth-order valence-corrected chi connectivity index (χ4v) is 13.4. The second-order valence-electron chi connectivity index (χ2n) is 20.9. The molecule has 14 nitrogen and oxygen atoms in total. The molecule has 0 saturated heterocycles. The highest BCUT2D eigenvalue weighted by Crippen LogP contribution is 2.64. The lowest BCUT2D eigenvalue weighted by molar-refractivity contribution is -0.148. The quantitative estimate of drug-likeness (QED) is 0.114. The average molecular weight is 882 g/mol. The molecule has 6 aliphatic rings. The molecule has 2 aliphatic heterocycles. The van der Waals surface area contributed by atoms with Gasteiger partial charge in [-0.15, -0.1) is 0 Å². The van der Waals surface area contributed by atoms with Crippen LogP contribution in [0.15, 0.2) is 36.4 Å². The molecule has 2 aromatic heterocycles. The molecule has 342 valence electrons. The lowest BCUT2D eigenvalue weighted by Gasteiger charge is -2.32. The molecule has 4 aliphatic carbocycles. The fraction of sp³-hybridized carbons (Fsp3) is 0.569. The van der Waals surface area contributed by atoms with E-state index in [1.165, 1.54) is 38.5 Å². The summed E-state index contributed by atoms with van der Waals surface area (Å²) >= 11 is 0. The smallest absolute Gasteiger partial charge is 0.309 e. The number of methoxy groups -OCH3 is 1. The van der Waals surface area contributed by atoms with Crippen LogP contribution in [0.1, 0.15) is 132 Å². The van der Waals surface area contributed by atoms with E-state index in [0.29, 0.717) is 51.5 Å². The van der Waals surface area contributed by atoms with Crippen molar-refractivity contribution in [3.05, 3.63) is 81.9 Å². The van der Waals surface area contributed by atoms with E-state index < -0.39 is 11.4 Å². The number of aromatic nitrogens is 4. The van der Waals surface area contributed by atoms with Crippen molar-refractivity contribution in [2.24, 2.45) is 35.8 Å². The second-order valence-corrected chi connectivity index (χ2v) is 20.9. The third kappa shape index (κ3) is 7.67. The zero-order chi connectivity index (χ0) is 45.3. The molecule has 65 heavy (non-hydrogen) atoms. The molecule has 0 atom stereocenters. The van der Waals surface area contributed by atoms with Crippen molar-refractivity contribution in [2.45, 2.75) is 110 Å². The SMILES string of the molecule is COCC12CCC(CCN3CCc4c(nc(C(=O)Nc5cccc(-c6cccc(NC(=O)c7nc8c(n7C)CCN(CCC79CCC(C(=O)O)(CC7)C9)C8)c6C)c5C#N)n4C)C3)(CC1)C2. The monoisotopic (exact) mass is 881 g/mol. The number of fused-ring (bicyclic) bond motifs is 6. The van der Waals surface area contributed by atoms with E-state index in [1.54, 1.807) is 6.07 Å². The van der Waals surface area contributed by atoms with E-state index in [-0.39, 0.29) is 17.2 Å². The summed E-state index contributed by atoms with van der Waals surface area (Å²) in [7, 11) is 5.63. The minimum atomic E-state index is -0.624. The Morgan fingerprint density at radius 3 is 1.78 bits per heavy atom. The number of aliphatic carboxylic acids is 1. The van der Waals surface area contributed by atoms with Gasteiger partial charge in [-0.3, -0.25) is 24.2 Å². The van der Waals surface area contributed by atoms with Gasteiger partial charge in [0.05, 0.1) is 34.7 Å². The topological polar surface area (TPSA) is 171 Å². The number of carbonyl (C=O) groups is 3. The van der Waals surface area contributed by atoms with Crippen molar-refractivity contribution in [1.29, 1.82) is 5.26 Å².